The van der Waals surface area contributed by atoms with Gasteiger partial charge in [0.05, 0.1) is 6.04 Å². The Balaban J connectivity index is 1.59. The fraction of sp³-hybridized carbons (Fsp3) is 0.333. The predicted molar refractivity (Wildman–Crippen MR) is 94.5 cm³/mol. The monoisotopic (exact) mass is 302 g/mol. The molecule has 1 aliphatic carbocycles. The van der Waals surface area contributed by atoms with E-state index in [4.69, 9.17) is 0 Å². The number of aromatic nitrogens is 1. The maximum Gasteiger partial charge on any atom is 0.0508 e. The largest absolute Gasteiger partial charge is 0.342 e. The van der Waals surface area contributed by atoms with Gasteiger partial charge in [-0.2, -0.15) is 0 Å². The maximum absolute atomic E-state index is 2.70. The van der Waals surface area contributed by atoms with Gasteiger partial charge in [0.2, 0.25) is 0 Å². The molecule has 0 saturated heterocycles. The summed E-state index contributed by atoms with van der Waals surface area (Å²) in [6.45, 7) is 3.36. The molecule has 0 fully saturated rings. The van der Waals surface area contributed by atoms with E-state index in [1.54, 1.807) is 11.3 Å². The first-order valence-electron chi connectivity index (χ1n) is 8.80. The Kier molecular flexibility index (Phi) is 3.05. The predicted octanol–water partition coefficient (Wildman–Crippen LogP) is 4.53. The summed E-state index contributed by atoms with van der Waals surface area (Å²) in [7, 11) is 0. The summed E-state index contributed by atoms with van der Waals surface area (Å²) in [6, 6.07) is 20.5. The van der Waals surface area contributed by atoms with E-state index in [2.05, 4.69) is 64.1 Å². The van der Waals surface area contributed by atoms with E-state index in [-0.39, 0.29) is 0 Å². The molecular weight excluding hydrogens is 280 g/mol. The second-order valence-corrected chi connectivity index (χ2v) is 6.90. The lowest BCUT2D eigenvalue weighted by Gasteiger charge is -2.40. The third kappa shape index (κ3) is 2.05. The highest BCUT2D eigenvalue weighted by molar-refractivity contribution is 5.86. The summed E-state index contributed by atoms with van der Waals surface area (Å²) in [6.07, 6.45) is 3.87. The van der Waals surface area contributed by atoms with Crippen LogP contribution in [0.25, 0.3) is 10.9 Å². The molecule has 1 atom stereocenters. The zero-order chi connectivity index (χ0) is 15.2. The van der Waals surface area contributed by atoms with Crippen LogP contribution in [-0.4, -0.2) is 16.0 Å². The lowest BCUT2D eigenvalue weighted by atomic mass is 9.89. The van der Waals surface area contributed by atoms with Gasteiger partial charge in [-0.25, -0.2) is 0 Å². The van der Waals surface area contributed by atoms with Crippen molar-refractivity contribution < 1.29 is 0 Å². The van der Waals surface area contributed by atoms with E-state index in [0.717, 1.165) is 19.6 Å². The lowest BCUT2D eigenvalue weighted by Crippen LogP contribution is -2.39. The van der Waals surface area contributed by atoms with Crippen LogP contribution in [0.5, 0.6) is 0 Å². The molecule has 2 aromatic carbocycles. The molecule has 0 saturated carbocycles. The van der Waals surface area contributed by atoms with Crippen LogP contribution in [0.2, 0.25) is 0 Å². The van der Waals surface area contributed by atoms with Gasteiger partial charge >= 0.3 is 0 Å². The Bertz CT molecular complexity index is 814. The minimum atomic E-state index is 0.597. The van der Waals surface area contributed by atoms with Crippen molar-refractivity contribution in [1.29, 1.82) is 0 Å². The molecule has 2 heterocycles. The number of hydrogen-bond donors (Lipinski definition) is 0. The minimum Gasteiger partial charge on any atom is -0.342 e. The van der Waals surface area contributed by atoms with Crippen molar-refractivity contribution in [3.8, 4) is 0 Å². The fourth-order valence-electron chi connectivity index (χ4n) is 4.64. The van der Waals surface area contributed by atoms with Crippen molar-refractivity contribution in [2.24, 2.45) is 0 Å². The minimum absolute atomic E-state index is 0.597. The second-order valence-electron chi connectivity index (χ2n) is 6.90. The quantitative estimate of drug-likeness (QED) is 0.675. The van der Waals surface area contributed by atoms with Crippen LogP contribution in [0.3, 0.4) is 0 Å². The topological polar surface area (TPSA) is 8.17 Å². The standard InChI is InChI=1S/C21H22N2/c1-2-7-16(8-3-1)15-22-13-14-23-19-11-5-4-9-17(19)18-10-6-12-20(22)21(18)23/h1-5,7-9,11,20H,6,10,12-15H2/t20-/m0/s1. The van der Waals surface area contributed by atoms with Gasteiger partial charge in [-0.15, -0.1) is 0 Å². The summed E-state index contributed by atoms with van der Waals surface area (Å²) >= 11 is 0. The second kappa shape index (κ2) is 5.24. The van der Waals surface area contributed by atoms with Crippen molar-refractivity contribution in [2.45, 2.75) is 38.4 Å². The third-order valence-corrected chi connectivity index (χ3v) is 5.62. The van der Waals surface area contributed by atoms with Crippen molar-refractivity contribution in [3.05, 3.63) is 71.4 Å². The Morgan fingerprint density at radius 1 is 0.913 bits per heavy atom. The molecule has 2 nitrogen and oxygen atoms in total. The molecule has 2 heteroatoms. The normalized spacial score (nSPS) is 20.6. The highest BCUT2D eigenvalue weighted by atomic mass is 15.2. The van der Waals surface area contributed by atoms with Crippen LogP contribution < -0.4 is 0 Å². The summed E-state index contributed by atoms with van der Waals surface area (Å²) in [5, 5.41) is 1.49. The van der Waals surface area contributed by atoms with Gasteiger partial charge in [0.25, 0.3) is 0 Å². The summed E-state index contributed by atoms with van der Waals surface area (Å²) in [4.78, 5) is 2.70. The molecular formula is C21H22N2. The van der Waals surface area contributed by atoms with Crippen LogP contribution in [0, 0.1) is 0 Å². The maximum atomic E-state index is 2.70. The number of para-hydroxylation sites is 1. The zero-order valence-electron chi connectivity index (χ0n) is 13.4. The van der Waals surface area contributed by atoms with E-state index in [1.807, 2.05) is 0 Å². The Morgan fingerprint density at radius 2 is 1.74 bits per heavy atom. The van der Waals surface area contributed by atoms with E-state index >= 15 is 0 Å². The molecule has 5 rings (SSSR count). The van der Waals surface area contributed by atoms with Crippen LogP contribution in [0.1, 0.15) is 35.7 Å². The van der Waals surface area contributed by atoms with Crippen molar-refractivity contribution in [1.82, 2.24) is 9.47 Å². The van der Waals surface area contributed by atoms with Crippen molar-refractivity contribution in [3.63, 3.8) is 0 Å². The summed E-state index contributed by atoms with van der Waals surface area (Å²) < 4.78 is 2.61. The fourth-order valence-corrected chi connectivity index (χ4v) is 4.64. The van der Waals surface area contributed by atoms with E-state index in [1.165, 1.54) is 35.7 Å². The first kappa shape index (κ1) is 13.4. The van der Waals surface area contributed by atoms with Gasteiger partial charge in [-0.3, -0.25) is 4.90 Å². The Hall–Kier alpha value is -2.06. The van der Waals surface area contributed by atoms with Gasteiger partial charge < -0.3 is 4.57 Å². The number of benzene rings is 2. The molecule has 116 valence electrons. The molecule has 0 N–H and O–H groups in total. The molecule has 0 radical (unpaired) electrons. The zero-order valence-corrected chi connectivity index (χ0v) is 13.4. The molecule has 0 amide bonds. The number of rotatable bonds is 2. The van der Waals surface area contributed by atoms with Gasteiger partial charge in [0.1, 0.15) is 0 Å². The van der Waals surface area contributed by atoms with Gasteiger partial charge in [-0.05, 0) is 36.5 Å². The van der Waals surface area contributed by atoms with E-state index < -0.39 is 0 Å². The van der Waals surface area contributed by atoms with Gasteiger partial charge in [-0.1, -0.05) is 48.5 Å². The highest BCUT2D eigenvalue weighted by Gasteiger charge is 2.34. The first-order chi connectivity index (χ1) is 11.4. The third-order valence-electron chi connectivity index (χ3n) is 5.62. The lowest BCUT2D eigenvalue weighted by molar-refractivity contribution is 0.133. The highest BCUT2D eigenvalue weighted by Crippen LogP contribution is 2.42. The SMILES string of the molecule is c1ccc(CN2CCn3c4c(c5ccccc53)CCC[C@@H]42)cc1. The number of nitrogens with zero attached hydrogens (tertiary/aromatic N) is 2. The number of fused-ring (bicyclic) bond motifs is 3. The van der Waals surface area contributed by atoms with Crippen LogP contribution in [0.4, 0.5) is 0 Å². The van der Waals surface area contributed by atoms with Crippen LogP contribution in [-0.2, 0) is 19.5 Å². The molecule has 0 unspecified atom stereocenters. The average molecular weight is 302 g/mol. The number of aryl methyl sites for hydroxylation is 1. The Morgan fingerprint density at radius 3 is 2.65 bits per heavy atom. The van der Waals surface area contributed by atoms with Crippen molar-refractivity contribution in [2.75, 3.05) is 6.54 Å². The molecule has 1 aliphatic heterocycles. The molecule has 2 aliphatic rings. The van der Waals surface area contributed by atoms with Crippen LogP contribution >= 0.6 is 0 Å². The first-order valence-corrected chi connectivity index (χ1v) is 8.80. The van der Waals surface area contributed by atoms with E-state index in [9.17, 15) is 0 Å². The molecule has 0 spiro atoms. The Labute approximate surface area is 137 Å². The molecule has 23 heavy (non-hydrogen) atoms. The summed E-state index contributed by atoms with van der Waals surface area (Å²) in [5.41, 5.74) is 6.11. The van der Waals surface area contributed by atoms with Crippen LogP contribution in [0.15, 0.2) is 54.6 Å². The average Bonchev–Trinajstić information content (AvgIpc) is 2.94. The molecule has 0 bridgehead atoms. The van der Waals surface area contributed by atoms with Gasteiger partial charge in [0, 0.05) is 36.2 Å². The molecule has 1 aromatic heterocycles. The number of hydrogen-bond acceptors (Lipinski definition) is 1. The van der Waals surface area contributed by atoms with Crippen molar-refractivity contribution >= 4 is 10.9 Å². The smallest absolute Gasteiger partial charge is 0.0508 e. The van der Waals surface area contributed by atoms with Gasteiger partial charge in [0.15, 0.2) is 0 Å². The summed E-state index contributed by atoms with van der Waals surface area (Å²) in [5.74, 6) is 0. The molecule has 3 aromatic rings. The van der Waals surface area contributed by atoms with E-state index in [0.29, 0.717) is 6.04 Å².